The van der Waals surface area contributed by atoms with Crippen molar-refractivity contribution in [2.45, 2.75) is 32.7 Å². The minimum absolute atomic E-state index is 0.201. The number of hydrogen-bond donors (Lipinski definition) is 2. The van der Waals surface area contributed by atoms with Gasteiger partial charge in [0.25, 0.3) is 5.91 Å². The van der Waals surface area contributed by atoms with Crippen molar-refractivity contribution < 1.29 is 4.79 Å². The van der Waals surface area contributed by atoms with E-state index in [-0.39, 0.29) is 17.9 Å². The third-order valence-corrected chi connectivity index (χ3v) is 3.05. The number of aromatic nitrogens is 4. The van der Waals surface area contributed by atoms with Crippen LogP contribution in [0.2, 0.25) is 5.15 Å². The van der Waals surface area contributed by atoms with Crippen molar-refractivity contribution in [1.29, 1.82) is 0 Å². The topological polar surface area (TPSA) is 83.6 Å². The molecule has 0 fully saturated rings. The maximum atomic E-state index is 12.2. The zero-order valence-corrected chi connectivity index (χ0v) is 12.3. The van der Waals surface area contributed by atoms with Crippen LogP contribution in [0.3, 0.4) is 0 Å². The molecule has 0 radical (unpaired) electrons. The molecule has 1 unspecified atom stereocenters. The predicted molar refractivity (Wildman–Crippen MR) is 75.6 cm³/mol. The van der Waals surface area contributed by atoms with Crippen molar-refractivity contribution in [2.24, 2.45) is 0 Å². The fourth-order valence-corrected chi connectivity index (χ4v) is 1.93. The van der Waals surface area contributed by atoms with E-state index in [0.717, 1.165) is 5.69 Å². The molecule has 0 aliphatic heterocycles. The molecule has 20 heavy (non-hydrogen) atoms. The van der Waals surface area contributed by atoms with Gasteiger partial charge in [0.05, 0.1) is 6.04 Å². The lowest BCUT2D eigenvalue weighted by Crippen LogP contribution is -2.27. The molecule has 0 aliphatic rings. The average molecular weight is 294 g/mol. The van der Waals surface area contributed by atoms with E-state index in [0.29, 0.717) is 16.5 Å². The van der Waals surface area contributed by atoms with E-state index in [4.69, 9.17) is 11.6 Å². The molecule has 0 aliphatic carbocycles. The Kier molecular flexibility index (Phi) is 4.34. The minimum Gasteiger partial charge on any atom is -0.342 e. The van der Waals surface area contributed by atoms with Crippen LogP contribution in [0.4, 0.5) is 0 Å². The predicted octanol–water partition coefficient (Wildman–Crippen LogP) is 2.47. The van der Waals surface area contributed by atoms with E-state index in [9.17, 15) is 4.79 Å². The Morgan fingerprint density at radius 2 is 2.10 bits per heavy atom. The summed E-state index contributed by atoms with van der Waals surface area (Å²) >= 11 is 5.95. The molecule has 7 heteroatoms. The smallest absolute Gasteiger partial charge is 0.252 e. The van der Waals surface area contributed by atoms with Crippen molar-refractivity contribution in [2.75, 3.05) is 0 Å². The van der Waals surface area contributed by atoms with Crippen LogP contribution < -0.4 is 5.32 Å². The summed E-state index contributed by atoms with van der Waals surface area (Å²) in [5, 5.41) is 9.62. The molecule has 106 valence electrons. The van der Waals surface area contributed by atoms with E-state index < -0.39 is 0 Å². The van der Waals surface area contributed by atoms with Gasteiger partial charge in [0, 0.05) is 11.3 Å². The molecule has 6 nitrogen and oxygen atoms in total. The molecule has 0 aromatic carbocycles. The van der Waals surface area contributed by atoms with Crippen molar-refractivity contribution in [1.82, 2.24) is 25.5 Å². The van der Waals surface area contributed by atoms with E-state index in [2.05, 4.69) is 25.5 Å². The van der Waals surface area contributed by atoms with Gasteiger partial charge in [-0.1, -0.05) is 25.4 Å². The van der Waals surface area contributed by atoms with Gasteiger partial charge >= 0.3 is 0 Å². The van der Waals surface area contributed by atoms with Gasteiger partial charge in [-0.2, -0.15) is 5.10 Å². The largest absolute Gasteiger partial charge is 0.342 e. The fourth-order valence-electron chi connectivity index (χ4n) is 1.72. The van der Waals surface area contributed by atoms with Gasteiger partial charge < -0.3 is 5.32 Å². The zero-order valence-electron chi connectivity index (χ0n) is 11.5. The summed E-state index contributed by atoms with van der Waals surface area (Å²) in [4.78, 5) is 20.4. The Morgan fingerprint density at radius 3 is 2.70 bits per heavy atom. The van der Waals surface area contributed by atoms with Crippen LogP contribution in [0.25, 0.3) is 0 Å². The van der Waals surface area contributed by atoms with Crippen LogP contribution in [0, 0.1) is 0 Å². The Labute approximate surface area is 122 Å². The van der Waals surface area contributed by atoms with Crippen LogP contribution in [-0.2, 0) is 0 Å². The first-order valence-electron chi connectivity index (χ1n) is 6.31. The lowest BCUT2D eigenvalue weighted by Gasteiger charge is -2.12. The van der Waals surface area contributed by atoms with Gasteiger partial charge in [0.15, 0.2) is 0 Å². The van der Waals surface area contributed by atoms with E-state index in [1.54, 1.807) is 12.1 Å². The summed E-state index contributed by atoms with van der Waals surface area (Å²) in [6.45, 7) is 5.82. The monoisotopic (exact) mass is 293 g/mol. The second-order valence-corrected chi connectivity index (χ2v) is 5.21. The molecule has 2 rings (SSSR count). The van der Waals surface area contributed by atoms with Gasteiger partial charge in [0.2, 0.25) is 0 Å². The van der Waals surface area contributed by atoms with Crippen LogP contribution >= 0.6 is 11.6 Å². The molecule has 2 N–H and O–H groups in total. The molecule has 2 aromatic heterocycles. The average Bonchev–Trinajstić information content (AvgIpc) is 2.91. The molecule has 0 bridgehead atoms. The fraction of sp³-hybridized carbons (Fsp3) is 0.385. The van der Waals surface area contributed by atoms with Gasteiger partial charge in [0.1, 0.15) is 17.3 Å². The highest BCUT2D eigenvalue weighted by atomic mass is 35.5. The Morgan fingerprint density at radius 1 is 1.35 bits per heavy atom. The van der Waals surface area contributed by atoms with Crippen LogP contribution in [0.5, 0.6) is 0 Å². The minimum atomic E-state index is -0.264. The molecule has 1 atom stereocenters. The van der Waals surface area contributed by atoms with Crippen LogP contribution in [-0.4, -0.2) is 26.1 Å². The maximum absolute atomic E-state index is 12.2. The normalized spacial score (nSPS) is 12.4. The summed E-state index contributed by atoms with van der Waals surface area (Å²) in [5.41, 5.74) is 1.27. The number of H-pyrrole nitrogens is 1. The highest BCUT2D eigenvalue weighted by Crippen LogP contribution is 2.18. The van der Waals surface area contributed by atoms with E-state index in [1.807, 2.05) is 20.8 Å². The van der Waals surface area contributed by atoms with E-state index >= 15 is 0 Å². The first-order valence-corrected chi connectivity index (χ1v) is 6.68. The van der Waals surface area contributed by atoms with Crippen molar-refractivity contribution >= 4 is 17.5 Å². The number of aromatic amines is 1. The highest BCUT2D eigenvalue weighted by Gasteiger charge is 2.15. The number of amides is 1. The first-order chi connectivity index (χ1) is 9.47. The number of carbonyl (C=O) groups excluding carboxylic acids is 1. The third-order valence-electron chi connectivity index (χ3n) is 2.86. The number of nitrogens with zero attached hydrogens (tertiary/aromatic N) is 3. The second kappa shape index (κ2) is 6.00. The number of pyridine rings is 1. The van der Waals surface area contributed by atoms with Gasteiger partial charge in [-0.25, -0.2) is 9.97 Å². The molecular weight excluding hydrogens is 278 g/mol. The van der Waals surface area contributed by atoms with Crippen molar-refractivity contribution in [3.63, 3.8) is 0 Å². The zero-order chi connectivity index (χ0) is 14.7. The number of rotatable bonds is 4. The summed E-state index contributed by atoms with van der Waals surface area (Å²) < 4.78 is 0. The number of carbonyl (C=O) groups is 1. The first kappa shape index (κ1) is 14.5. The molecule has 0 saturated carbocycles. The lowest BCUT2D eigenvalue weighted by atomic mass is 10.1. The summed E-state index contributed by atoms with van der Waals surface area (Å²) in [7, 11) is 0. The molecule has 0 spiro atoms. The van der Waals surface area contributed by atoms with Gasteiger partial charge in [-0.15, -0.1) is 0 Å². The Bertz CT molecular complexity index is 597. The van der Waals surface area contributed by atoms with Gasteiger partial charge in [-0.3, -0.25) is 9.89 Å². The maximum Gasteiger partial charge on any atom is 0.252 e. The second-order valence-electron chi connectivity index (χ2n) is 4.82. The third kappa shape index (κ3) is 3.33. The summed E-state index contributed by atoms with van der Waals surface area (Å²) in [6.07, 6.45) is 1.40. The summed E-state index contributed by atoms with van der Waals surface area (Å²) in [5.74, 6) is 0.578. The number of halogens is 1. The number of hydrogen-bond acceptors (Lipinski definition) is 4. The van der Waals surface area contributed by atoms with Crippen LogP contribution in [0.15, 0.2) is 18.5 Å². The van der Waals surface area contributed by atoms with Crippen molar-refractivity contribution in [3.8, 4) is 0 Å². The van der Waals surface area contributed by atoms with Gasteiger partial charge in [-0.05, 0) is 25.0 Å². The summed E-state index contributed by atoms with van der Waals surface area (Å²) in [6, 6.07) is 3.04. The number of nitrogens with one attached hydrogen (secondary N) is 2. The molecule has 2 heterocycles. The quantitative estimate of drug-likeness (QED) is 0.848. The van der Waals surface area contributed by atoms with E-state index in [1.165, 1.54) is 6.33 Å². The highest BCUT2D eigenvalue weighted by molar-refractivity contribution is 6.29. The SMILES string of the molecule is CC(C)c1cc(C(=O)NC(C)c2ncn[nH]2)cc(Cl)n1. The lowest BCUT2D eigenvalue weighted by molar-refractivity contribution is 0.0938. The molecular formula is C13H16ClN5O. The molecule has 2 aromatic rings. The Balaban J connectivity index is 2.17. The standard InChI is InChI=1S/C13H16ClN5O/c1-7(2)10-4-9(5-11(14)18-10)13(20)17-8(3)12-15-6-16-19-12/h4-8H,1-3H3,(H,17,20)(H,15,16,19). The van der Waals surface area contributed by atoms with Crippen molar-refractivity contribution in [3.05, 3.63) is 40.7 Å². The van der Waals surface area contributed by atoms with Crippen LogP contribution in [0.1, 0.15) is 54.6 Å². The Hall–Kier alpha value is -1.95. The molecule has 0 saturated heterocycles. The molecule has 1 amide bonds.